The Bertz CT molecular complexity index is 364. The number of benzene rings is 1. The van der Waals surface area contributed by atoms with Gasteiger partial charge >= 0.3 is 0 Å². The molecule has 1 aromatic carbocycles. The number of hydrogen-bond acceptors (Lipinski definition) is 2. The van der Waals surface area contributed by atoms with Crippen LogP contribution < -0.4 is 10.1 Å². The van der Waals surface area contributed by atoms with E-state index < -0.39 is 5.38 Å². The van der Waals surface area contributed by atoms with Crippen molar-refractivity contribution < 1.29 is 9.53 Å². The quantitative estimate of drug-likeness (QED) is 0.822. The molecule has 2 atom stereocenters. The van der Waals surface area contributed by atoms with Crippen LogP contribution in [-0.2, 0) is 4.79 Å². The summed E-state index contributed by atoms with van der Waals surface area (Å²) < 4.78 is 5.05. The molecule has 0 aliphatic heterocycles. The number of carbonyl (C=O) groups is 1. The maximum Gasteiger partial charge on any atom is 0.242 e. The maximum absolute atomic E-state index is 11.8. The van der Waals surface area contributed by atoms with Crippen LogP contribution in [0.3, 0.4) is 0 Å². The molecule has 4 heteroatoms. The summed E-state index contributed by atoms with van der Waals surface area (Å²) in [5.41, 5.74) is 0.772. The van der Waals surface area contributed by atoms with Crippen molar-refractivity contribution in [1.29, 1.82) is 0 Å². The first-order valence-electron chi connectivity index (χ1n) is 5.66. The summed E-state index contributed by atoms with van der Waals surface area (Å²) in [6.07, 6.45) is 0.887. The van der Waals surface area contributed by atoms with Crippen LogP contribution >= 0.6 is 11.6 Å². The van der Waals surface area contributed by atoms with Gasteiger partial charge in [-0.1, -0.05) is 19.1 Å². The van der Waals surface area contributed by atoms with E-state index in [2.05, 4.69) is 5.32 Å². The monoisotopic (exact) mass is 255 g/mol. The summed E-state index contributed by atoms with van der Waals surface area (Å²) in [4.78, 5) is 11.8. The van der Waals surface area contributed by atoms with Crippen molar-refractivity contribution in [1.82, 2.24) is 5.32 Å². The Labute approximate surface area is 107 Å². The van der Waals surface area contributed by atoms with Gasteiger partial charge in [0, 0.05) is 6.04 Å². The summed E-state index contributed by atoms with van der Waals surface area (Å²) in [6, 6.07) is 7.32. The van der Waals surface area contributed by atoms with E-state index in [-0.39, 0.29) is 11.9 Å². The lowest BCUT2D eigenvalue weighted by Crippen LogP contribution is -2.34. The number of rotatable bonds is 5. The minimum Gasteiger partial charge on any atom is -0.497 e. The van der Waals surface area contributed by atoms with Gasteiger partial charge in [-0.05, 0) is 31.0 Å². The Morgan fingerprint density at radius 2 is 2.00 bits per heavy atom. The molecule has 0 fully saturated rings. The number of nitrogens with one attached hydrogen (secondary N) is 1. The summed E-state index contributed by atoms with van der Waals surface area (Å²) >= 11 is 6.10. The highest BCUT2D eigenvalue weighted by Crippen LogP contribution is 2.23. The molecule has 0 aliphatic carbocycles. The van der Waals surface area contributed by atoms with Crippen molar-refractivity contribution in [3.05, 3.63) is 29.8 Å². The lowest BCUT2D eigenvalue weighted by molar-refractivity contribution is -0.121. The van der Waals surface area contributed by atoms with Gasteiger partial charge < -0.3 is 10.1 Å². The van der Waals surface area contributed by atoms with E-state index in [9.17, 15) is 4.79 Å². The molecule has 1 aromatic rings. The fraction of sp³-hybridized carbons (Fsp3) is 0.462. The predicted molar refractivity (Wildman–Crippen MR) is 69.5 cm³/mol. The first kappa shape index (κ1) is 13.8. The number of carbonyl (C=O) groups excluding carboxylic acids is 1. The van der Waals surface area contributed by atoms with E-state index in [0.29, 0.717) is 0 Å². The minimum atomic E-state index is -0.657. The van der Waals surface area contributed by atoms with Crippen LogP contribution in [0, 0.1) is 0 Å². The topological polar surface area (TPSA) is 38.3 Å². The lowest BCUT2D eigenvalue weighted by atomic mass is 10.1. The maximum atomic E-state index is 11.8. The van der Waals surface area contributed by atoms with E-state index in [1.54, 1.807) is 31.4 Å². The van der Waals surface area contributed by atoms with Crippen LogP contribution in [0.15, 0.2) is 24.3 Å². The second-order valence-electron chi connectivity index (χ2n) is 3.95. The molecular weight excluding hydrogens is 238 g/mol. The van der Waals surface area contributed by atoms with Crippen LogP contribution in [-0.4, -0.2) is 19.1 Å². The van der Waals surface area contributed by atoms with Gasteiger partial charge in [0.1, 0.15) is 11.1 Å². The van der Waals surface area contributed by atoms with Crippen LogP contribution in [0.2, 0.25) is 0 Å². The molecule has 2 unspecified atom stereocenters. The summed E-state index contributed by atoms with van der Waals surface area (Å²) in [5.74, 6) is 0.589. The third-order valence-electron chi connectivity index (χ3n) is 2.64. The van der Waals surface area contributed by atoms with Crippen molar-refractivity contribution >= 4 is 17.5 Å². The standard InChI is InChI=1S/C13H18ClNO2/c1-4-9(2)15-13(16)12(14)10-5-7-11(17-3)8-6-10/h5-9,12H,4H2,1-3H3,(H,15,16). The Balaban J connectivity index is 2.67. The Hall–Kier alpha value is -1.22. The third kappa shape index (κ3) is 3.93. The van der Waals surface area contributed by atoms with Gasteiger partial charge in [-0.2, -0.15) is 0 Å². The number of hydrogen-bond donors (Lipinski definition) is 1. The molecule has 17 heavy (non-hydrogen) atoms. The lowest BCUT2D eigenvalue weighted by Gasteiger charge is -2.15. The van der Waals surface area contributed by atoms with Crippen molar-refractivity contribution in [2.45, 2.75) is 31.7 Å². The molecule has 0 aliphatic rings. The fourth-order valence-corrected chi connectivity index (χ4v) is 1.55. The molecule has 94 valence electrons. The van der Waals surface area contributed by atoms with E-state index in [4.69, 9.17) is 16.3 Å². The van der Waals surface area contributed by atoms with E-state index in [1.165, 1.54) is 0 Å². The molecular formula is C13H18ClNO2. The van der Waals surface area contributed by atoms with Crippen LogP contribution in [0.25, 0.3) is 0 Å². The molecule has 0 aromatic heterocycles. The molecule has 1 amide bonds. The van der Waals surface area contributed by atoms with Gasteiger partial charge in [0.05, 0.1) is 7.11 Å². The first-order chi connectivity index (χ1) is 8.08. The predicted octanol–water partition coefficient (Wildman–Crippen LogP) is 2.89. The van der Waals surface area contributed by atoms with Crippen molar-refractivity contribution in [3.8, 4) is 5.75 Å². The molecule has 0 radical (unpaired) electrons. The molecule has 0 heterocycles. The smallest absolute Gasteiger partial charge is 0.242 e. The molecule has 0 bridgehead atoms. The van der Waals surface area contributed by atoms with Crippen molar-refractivity contribution in [2.75, 3.05) is 7.11 Å². The van der Waals surface area contributed by atoms with E-state index in [0.717, 1.165) is 17.7 Å². The largest absolute Gasteiger partial charge is 0.497 e. The normalized spacial score (nSPS) is 13.9. The molecule has 1 N–H and O–H groups in total. The van der Waals surface area contributed by atoms with Crippen LogP contribution in [0.4, 0.5) is 0 Å². The van der Waals surface area contributed by atoms with Gasteiger partial charge in [-0.25, -0.2) is 0 Å². The zero-order valence-corrected chi connectivity index (χ0v) is 11.1. The third-order valence-corrected chi connectivity index (χ3v) is 3.09. The Morgan fingerprint density at radius 1 is 1.41 bits per heavy atom. The highest BCUT2D eigenvalue weighted by atomic mass is 35.5. The van der Waals surface area contributed by atoms with Gasteiger partial charge in [0.15, 0.2) is 0 Å². The first-order valence-corrected chi connectivity index (χ1v) is 6.10. The molecule has 0 saturated heterocycles. The molecule has 1 rings (SSSR count). The number of ether oxygens (including phenoxy) is 1. The van der Waals surface area contributed by atoms with Gasteiger partial charge in [-0.15, -0.1) is 11.6 Å². The second-order valence-corrected chi connectivity index (χ2v) is 4.39. The van der Waals surface area contributed by atoms with E-state index >= 15 is 0 Å². The number of halogens is 1. The minimum absolute atomic E-state index is 0.141. The van der Waals surface area contributed by atoms with Gasteiger partial charge in [-0.3, -0.25) is 4.79 Å². The highest BCUT2D eigenvalue weighted by molar-refractivity contribution is 6.30. The zero-order valence-electron chi connectivity index (χ0n) is 10.4. The van der Waals surface area contributed by atoms with Gasteiger partial charge in [0.25, 0.3) is 0 Å². The number of alkyl halides is 1. The summed E-state index contributed by atoms with van der Waals surface area (Å²) in [7, 11) is 1.60. The molecule has 3 nitrogen and oxygen atoms in total. The van der Waals surface area contributed by atoms with E-state index in [1.807, 2.05) is 13.8 Å². The Morgan fingerprint density at radius 3 is 2.47 bits per heavy atom. The van der Waals surface area contributed by atoms with Crippen molar-refractivity contribution in [2.24, 2.45) is 0 Å². The summed E-state index contributed by atoms with van der Waals surface area (Å²) in [5, 5.41) is 2.20. The van der Waals surface area contributed by atoms with Crippen molar-refractivity contribution in [3.63, 3.8) is 0 Å². The van der Waals surface area contributed by atoms with Gasteiger partial charge in [0.2, 0.25) is 5.91 Å². The zero-order chi connectivity index (χ0) is 12.8. The molecule has 0 saturated carbocycles. The van der Waals surface area contributed by atoms with Crippen LogP contribution in [0.5, 0.6) is 5.75 Å². The second kappa shape index (κ2) is 6.50. The average Bonchev–Trinajstić information content (AvgIpc) is 2.37. The number of methoxy groups -OCH3 is 1. The average molecular weight is 256 g/mol. The SMILES string of the molecule is CCC(C)NC(=O)C(Cl)c1ccc(OC)cc1. The fourth-order valence-electron chi connectivity index (χ4n) is 1.34. The Kier molecular flexibility index (Phi) is 5.29. The summed E-state index contributed by atoms with van der Waals surface area (Å²) in [6.45, 7) is 3.97. The van der Waals surface area contributed by atoms with Crippen LogP contribution in [0.1, 0.15) is 31.2 Å². The molecule has 0 spiro atoms. The highest BCUT2D eigenvalue weighted by Gasteiger charge is 2.18. The number of amides is 1.